The zero-order chi connectivity index (χ0) is 22.3. The molecule has 0 atom stereocenters. The SMILES string of the molecule is Cc1cc(C(=O)Nc2cccc(N3C(=O)NC(C)(C)C3=O)c2)c(C)n1Cc1cccs1. The zero-order valence-corrected chi connectivity index (χ0v) is 18.7. The Morgan fingerprint density at radius 3 is 2.55 bits per heavy atom. The van der Waals surface area contributed by atoms with Gasteiger partial charge in [0.25, 0.3) is 11.8 Å². The summed E-state index contributed by atoms with van der Waals surface area (Å²) in [5.74, 6) is -0.571. The number of carbonyl (C=O) groups excluding carboxylic acids is 3. The van der Waals surface area contributed by atoms with E-state index in [2.05, 4.69) is 21.3 Å². The number of hydrogen-bond acceptors (Lipinski definition) is 4. The molecule has 0 aliphatic carbocycles. The van der Waals surface area contributed by atoms with Crippen molar-refractivity contribution < 1.29 is 14.4 Å². The van der Waals surface area contributed by atoms with Crippen molar-refractivity contribution in [1.82, 2.24) is 9.88 Å². The predicted molar refractivity (Wildman–Crippen MR) is 122 cm³/mol. The van der Waals surface area contributed by atoms with Crippen LogP contribution in [0.25, 0.3) is 0 Å². The summed E-state index contributed by atoms with van der Waals surface area (Å²) in [6.45, 7) is 7.95. The molecule has 1 saturated heterocycles. The van der Waals surface area contributed by atoms with Crippen molar-refractivity contribution in [1.29, 1.82) is 0 Å². The van der Waals surface area contributed by atoms with Crippen LogP contribution in [-0.2, 0) is 11.3 Å². The van der Waals surface area contributed by atoms with Crippen LogP contribution >= 0.6 is 11.3 Å². The Hall–Kier alpha value is -3.39. The summed E-state index contributed by atoms with van der Waals surface area (Å²) in [4.78, 5) is 40.1. The van der Waals surface area contributed by atoms with Gasteiger partial charge in [0.05, 0.1) is 17.8 Å². The number of aryl methyl sites for hydroxylation is 1. The lowest BCUT2D eigenvalue weighted by Gasteiger charge is -2.17. The number of nitrogens with zero attached hydrogens (tertiary/aromatic N) is 2. The molecular weight excluding hydrogens is 412 g/mol. The Kier molecular flexibility index (Phi) is 5.18. The van der Waals surface area contributed by atoms with E-state index in [-0.39, 0.29) is 11.8 Å². The zero-order valence-electron chi connectivity index (χ0n) is 17.9. The fraction of sp³-hybridized carbons (Fsp3) is 0.261. The van der Waals surface area contributed by atoms with E-state index in [1.165, 1.54) is 4.88 Å². The second kappa shape index (κ2) is 7.70. The van der Waals surface area contributed by atoms with Crippen molar-refractivity contribution in [2.75, 3.05) is 10.2 Å². The van der Waals surface area contributed by atoms with Gasteiger partial charge in [-0.05, 0) is 63.4 Å². The van der Waals surface area contributed by atoms with Gasteiger partial charge in [0, 0.05) is 22.0 Å². The van der Waals surface area contributed by atoms with Crippen LogP contribution in [0.1, 0.15) is 40.5 Å². The number of anilines is 2. The quantitative estimate of drug-likeness (QED) is 0.585. The van der Waals surface area contributed by atoms with Gasteiger partial charge in [-0.3, -0.25) is 9.59 Å². The van der Waals surface area contributed by atoms with Crippen molar-refractivity contribution in [3.05, 3.63) is 69.7 Å². The average molecular weight is 437 g/mol. The Bertz CT molecular complexity index is 1180. The van der Waals surface area contributed by atoms with E-state index >= 15 is 0 Å². The van der Waals surface area contributed by atoms with Gasteiger partial charge in [0.2, 0.25) is 0 Å². The van der Waals surface area contributed by atoms with Crippen LogP contribution in [0.2, 0.25) is 0 Å². The maximum Gasteiger partial charge on any atom is 0.329 e. The van der Waals surface area contributed by atoms with E-state index in [1.807, 2.05) is 31.4 Å². The highest BCUT2D eigenvalue weighted by molar-refractivity contribution is 7.09. The molecule has 7 nitrogen and oxygen atoms in total. The maximum absolute atomic E-state index is 13.0. The molecule has 3 heterocycles. The minimum Gasteiger partial charge on any atom is -0.343 e. The molecule has 1 aliphatic rings. The van der Waals surface area contributed by atoms with Crippen molar-refractivity contribution in [2.24, 2.45) is 0 Å². The van der Waals surface area contributed by atoms with Crippen molar-refractivity contribution in [3.8, 4) is 0 Å². The van der Waals surface area contributed by atoms with E-state index in [9.17, 15) is 14.4 Å². The topological polar surface area (TPSA) is 83.4 Å². The number of amides is 4. The summed E-state index contributed by atoms with van der Waals surface area (Å²) in [7, 11) is 0. The van der Waals surface area contributed by atoms with E-state index < -0.39 is 11.6 Å². The van der Waals surface area contributed by atoms with Crippen LogP contribution in [0.3, 0.4) is 0 Å². The third-order valence-electron chi connectivity index (χ3n) is 5.43. The summed E-state index contributed by atoms with van der Waals surface area (Å²) >= 11 is 1.68. The molecule has 0 radical (unpaired) electrons. The lowest BCUT2D eigenvalue weighted by Crippen LogP contribution is -2.40. The monoisotopic (exact) mass is 436 g/mol. The van der Waals surface area contributed by atoms with Crippen molar-refractivity contribution in [3.63, 3.8) is 0 Å². The lowest BCUT2D eigenvalue weighted by atomic mass is 10.1. The number of carbonyl (C=O) groups is 3. The van der Waals surface area contributed by atoms with Gasteiger partial charge in [-0.2, -0.15) is 0 Å². The number of urea groups is 1. The Morgan fingerprint density at radius 2 is 1.90 bits per heavy atom. The fourth-order valence-corrected chi connectivity index (χ4v) is 4.43. The molecule has 160 valence electrons. The molecule has 8 heteroatoms. The number of hydrogen-bond donors (Lipinski definition) is 2. The Morgan fingerprint density at radius 1 is 1.13 bits per heavy atom. The molecule has 4 amide bonds. The van der Waals surface area contributed by atoms with Crippen molar-refractivity contribution >= 4 is 40.6 Å². The summed E-state index contributed by atoms with van der Waals surface area (Å²) in [6, 6.07) is 12.2. The first-order valence-electron chi connectivity index (χ1n) is 9.94. The molecule has 2 aromatic heterocycles. The first-order valence-corrected chi connectivity index (χ1v) is 10.8. The molecule has 0 saturated carbocycles. The van der Waals surface area contributed by atoms with Crippen LogP contribution in [-0.4, -0.2) is 28.0 Å². The molecule has 1 aliphatic heterocycles. The number of nitrogens with one attached hydrogen (secondary N) is 2. The van der Waals surface area contributed by atoms with E-state index in [0.29, 0.717) is 16.9 Å². The standard InChI is InChI=1S/C23H24N4O3S/c1-14-11-19(15(2)26(14)13-18-9-6-10-31-18)20(28)24-16-7-5-8-17(12-16)27-21(29)23(3,4)25-22(27)30/h5-12H,13H2,1-4H3,(H,24,28)(H,25,30). The van der Waals surface area contributed by atoms with Crippen LogP contribution < -0.4 is 15.5 Å². The minimum atomic E-state index is -0.962. The highest BCUT2D eigenvalue weighted by atomic mass is 32.1. The number of rotatable bonds is 5. The van der Waals surface area contributed by atoms with E-state index in [4.69, 9.17) is 0 Å². The molecule has 31 heavy (non-hydrogen) atoms. The molecule has 3 aromatic rings. The molecule has 2 N–H and O–H groups in total. The first kappa shape index (κ1) is 20.9. The third kappa shape index (κ3) is 3.86. The smallest absolute Gasteiger partial charge is 0.329 e. The van der Waals surface area contributed by atoms with Crippen LogP contribution in [0.5, 0.6) is 0 Å². The van der Waals surface area contributed by atoms with Gasteiger partial charge in [-0.1, -0.05) is 12.1 Å². The van der Waals surface area contributed by atoms with E-state index in [0.717, 1.165) is 22.8 Å². The highest BCUT2D eigenvalue weighted by Crippen LogP contribution is 2.27. The fourth-order valence-electron chi connectivity index (χ4n) is 3.74. The number of benzene rings is 1. The normalized spacial score (nSPS) is 15.3. The van der Waals surface area contributed by atoms with Crippen LogP contribution in [0.15, 0.2) is 47.8 Å². The van der Waals surface area contributed by atoms with Crippen LogP contribution in [0, 0.1) is 13.8 Å². The molecule has 1 fully saturated rings. The summed E-state index contributed by atoms with van der Waals surface area (Å²) in [5, 5.41) is 7.59. The van der Waals surface area contributed by atoms with Crippen molar-refractivity contribution in [2.45, 2.75) is 39.8 Å². The number of aromatic nitrogens is 1. The average Bonchev–Trinajstić information content (AvgIpc) is 3.36. The first-order chi connectivity index (χ1) is 14.7. The molecular formula is C23H24N4O3S. The third-order valence-corrected chi connectivity index (χ3v) is 6.30. The van der Waals surface area contributed by atoms with E-state index in [1.54, 1.807) is 49.4 Å². The Balaban J connectivity index is 1.56. The second-order valence-corrected chi connectivity index (χ2v) is 9.18. The molecule has 1 aromatic carbocycles. The summed E-state index contributed by atoms with van der Waals surface area (Å²) in [6.07, 6.45) is 0. The molecule has 0 bridgehead atoms. The van der Waals surface area contributed by atoms with Gasteiger partial charge in [-0.25, -0.2) is 9.69 Å². The molecule has 0 spiro atoms. The van der Waals surface area contributed by atoms with Gasteiger partial charge in [0.1, 0.15) is 5.54 Å². The van der Waals surface area contributed by atoms with Gasteiger partial charge >= 0.3 is 6.03 Å². The predicted octanol–water partition coefficient (Wildman–Crippen LogP) is 4.30. The summed E-state index contributed by atoms with van der Waals surface area (Å²) < 4.78 is 2.12. The van der Waals surface area contributed by atoms with Gasteiger partial charge in [0.15, 0.2) is 0 Å². The maximum atomic E-state index is 13.0. The molecule has 0 unspecified atom stereocenters. The van der Waals surface area contributed by atoms with Gasteiger partial charge < -0.3 is 15.2 Å². The van der Waals surface area contributed by atoms with Gasteiger partial charge in [-0.15, -0.1) is 11.3 Å². The largest absolute Gasteiger partial charge is 0.343 e. The lowest BCUT2D eigenvalue weighted by molar-refractivity contribution is -0.121. The second-order valence-electron chi connectivity index (χ2n) is 8.15. The number of imide groups is 1. The molecule has 4 rings (SSSR count). The number of thiophene rings is 1. The van der Waals surface area contributed by atoms with Crippen LogP contribution in [0.4, 0.5) is 16.2 Å². The highest BCUT2D eigenvalue weighted by Gasteiger charge is 2.45. The minimum absolute atomic E-state index is 0.236. The summed E-state index contributed by atoms with van der Waals surface area (Å²) in [5.41, 5.74) is 2.44. The Labute approximate surface area is 184 Å².